The van der Waals surface area contributed by atoms with Crippen molar-refractivity contribution in [1.29, 1.82) is 0 Å². The summed E-state index contributed by atoms with van der Waals surface area (Å²) in [6.07, 6.45) is 1.09. The van der Waals surface area contributed by atoms with Crippen LogP contribution < -0.4 is 5.73 Å². The molecule has 0 amide bonds. The normalized spacial score (nSPS) is 35.0. The maximum absolute atomic E-state index is 11.7. The van der Waals surface area contributed by atoms with Crippen molar-refractivity contribution in [1.82, 2.24) is 0 Å². The monoisotopic (exact) mass is 297 g/mol. The van der Waals surface area contributed by atoms with Gasteiger partial charge in [-0.05, 0) is 48.9 Å². The van der Waals surface area contributed by atoms with Crippen molar-refractivity contribution in [3.8, 4) is 0 Å². The summed E-state index contributed by atoms with van der Waals surface area (Å²) >= 11 is 0. The van der Waals surface area contributed by atoms with Crippen LogP contribution in [0.5, 0.6) is 0 Å². The Morgan fingerprint density at radius 3 is 1.71 bits per heavy atom. The van der Waals surface area contributed by atoms with Crippen LogP contribution in [0, 0.1) is 40.4 Å². The van der Waals surface area contributed by atoms with E-state index in [1.165, 1.54) is 0 Å². The summed E-state index contributed by atoms with van der Waals surface area (Å²) < 4.78 is 0. The van der Waals surface area contributed by atoms with Gasteiger partial charge in [0.1, 0.15) is 6.29 Å². The molecular formula is C18H35NO2. The summed E-state index contributed by atoms with van der Waals surface area (Å²) in [7, 11) is 0. The summed E-state index contributed by atoms with van der Waals surface area (Å²) in [4.78, 5) is 11.7. The number of hydrogen-bond donors (Lipinski definition) is 2. The van der Waals surface area contributed by atoms with E-state index >= 15 is 0 Å². The lowest BCUT2D eigenvalue weighted by atomic mass is 9.59. The molecule has 0 aromatic heterocycles. The fourth-order valence-electron chi connectivity index (χ4n) is 4.97. The average Bonchev–Trinajstić information content (AvgIpc) is 2.63. The molecule has 5 atom stereocenters. The predicted octanol–water partition coefficient (Wildman–Crippen LogP) is 3.10. The highest BCUT2D eigenvalue weighted by atomic mass is 16.3. The summed E-state index contributed by atoms with van der Waals surface area (Å²) in [5.41, 5.74) is 5.55. The van der Waals surface area contributed by atoms with Crippen LogP contribution in [0.3, 0.4) is 0 Å². The third kappa shape index (κ3) is 3.19. The zero-order valence-corrected chi connectivity index (χ0v) is 15.1. The molecule has 1 rings (SSSR count). The molecule has 1 aliphatic carbocycles. The quantitative estimate of drug-likeness (QED) is 0.766. The molecule has 0 aromatic carbocycles. The van der Waals surface area contributed by atoms with Gasteiger partial charge in [-0.15, -0.1) is 0 Å². The van der Waals surface area contributed by atoms with E-state index in [9.17, 15) is 9.90 Å². The van der Waals surface area contributed by atoms with Crippen molar-refractivity contribution in [2.45, 2.75) is 60.9 Å². The van der Waals surface area contributed by atoms with Crippen molar-refractivity contribution in [3.05, 3.63) is 0 Å². The summed E-state index contributed by atoms with van der Waals surface area (Å²) in [6.45, 7) is 17.0. The summed E-state index contributed by atoms with van der Waals surface area (Å²) in [6, 6.07) is 0. The molecule has 3 N–H and O–H groups in total. The lowest BCUT2D eigenvalue weighted by Crippen LogP contribution is -2.51. The van der Waals surface area contributed by atoms with Crippen LogP contribution in [-0.2, 0) is 4.79 Å². The minimum absolute atomic E-state index is 0.120. The maximum atomic E-state index is 11.7. The standard InChI is InChI=1S/C18H35NO2/c1-11-12(2)14(18(7,8)19)15(17(5,6)10-21)13(11)16(3,4)9-20/h9,11-15,21H,10,19H2,1-8H3. The van der Waals surface area contributed by atoms with Crippen molar-refractivity contribution in [3.63, 3.8) is 0 Å². The van der Waals surface area contributed by atoms with E-state index in [1.54, 1.807) is 0 Å². The molecule has 1 fully saturated rings. The Kier molecular flexibility index (Phi) is 5.02. The van der Waals surface area contributed by atoms with Gasteiger partial charge < -0.3 is 15.6 Å². The van der Waals surface area contributed by atoms with Gasteiger partial charge in [-0.2, -0.15) is 0 Å². The second kappa shape index (κ2) is 5.66. The Labute approximate surface area is 130 Å². The van der Waals surface area contributed by atoms with Crippen LogP contribution in [0.15, 0.2) is 0 Å². The molecule has 124 valence electrons. The van der Waals surface area contributed by atoms with Crippen molar-refractivity contribution < 1.29 is 9.90 Å². The van der Waals surface area contributed by atoms with E-state index in [0.29, 0.717) is 17.8 Å². The second-order valence-corrected chi connectivity index (χ2v) is 9.20. The maximum Gasteiger partial charge on any atom is 0.125 e. The number of hydrogen-bond acceptors (Lipinski definition) is 3. The third-order valence-electron chi connectivity index (χ3n) is 6.07. The zero-order chi connectivity index (χ0) is 16.8. The average molecular weight is 297 g/mol. The van der Waals surface area contributed by atoms with Gasteiger partial charge in [-0.1, -0.05) is 41.5 Å². The highest BCUT2D eigenvalue weighted by Crippen LogP contribution is 2.60. The largest absolute Gasteiger partial charge is 0.396 e. The van der Waals surface area contributed by atoms with Crippen molar-refractivity contribution in [2.24, 2.45) is 46.2 Å². The second-order valence-electron chi connectivity index (χ2n) is 9.20. The van der Waals surface area contributed by atoms with Crippen molar-refractivity contribution in [2.75, 3.05) is 6.61 Å². The van der Waals surface area contributed by atoms with Gasteiger partial charge in [0.2, 0.25) is 0 Å². The molecule has 1 aliphatic rings. The Hall–Kier alpha value is -0.410. The van der Waals surface area contributed by atoms with E-state index in [4.69, 9.17) is 5.73 Å². The van der Waals surface area contributed by atoms with E-state index in [0.717, 1.165) is 6.29 Å². The van der Waals surface area contributed by atoms with Gasteiger partial charge in [0, 0.05) is 17.6 Å². The van der Waals surface area contributed by atoms with Crippen LogP contribution in [-0.4, -0.2) is 23.5 Å². The molecule has 0 radical (unpaired) electrons. The first-order chi connectivity index (χ1) is 9.31. The van der Waals surface area contributed by atoms with Gasteiger partial charge in [-0.25, -0.2) is 0 Å². The SMILES string of the molecule is CC1C(C)C(C(C)(C)C=O)C(C(C)(C)CO)C1C(C)(C)N. The van der Waals surface area contributed by atoms with E-state index < -0.39 is 5.41 Å². The molecule has 0 aliphatic heterocycles. The number of carbonyl (C=O) groups is 1. The highest BCUT2D eigenvalue weighted by molar-refractivity contribution is 5.59. The lowest BCUT2D eigenvalue weighted by molar-refractivity contribution is -0.121. The van der Waals surface area contributed by atoms with Gasteiger partial charge in [0.15, 0.2) is 0 Å². The van der Waals surface area contributed by atoms with Crippen LogP contribution in [0.2, 0.25) is 0 Å². The molecule has 0 heterocycles. The molecular weight excluding hydrogens is 262 g/mol. The molecule has 5 unspecified atom stereocenters. The van der Waals surface area contributed by atoms with Crippen molar-refractivity contribution >= 4 is 6.29 Å². The highest BCUT2D eigenvalue weighted by Gasteiger charge is 2.59. The first-order valence-corrected chi connectivity index (χ1v) is 8.17. The fraction of sp³-hybridized carbons (Fsp3) is 0.944. The summed E-state index contributed by atoms with van der Waals surface area (Å²) in [5.74, 6) is 1.60. The molecule has 0 saturated heterocycles. The minimum Gasteiger partial charge on any atom is -0.396 e. The van der Waals surface area contributed by atoms with E-state index in [-0.39, 0.29) is 29.4 Å². The van der Waals surface area contributed by atoms with E-state index in [1.807, 2.05) is 13.8 Å². The number of aliphatic hydroxyl groups excluding tert-OH is 1. The number of aliphatic hydroxyl groups is 1. The van der Waals surface area contributed by atoms with Crippen LogP contribution in [0.25, 0.3) is 0 Å². The number of nitrogens with two attached hydrogens (primary N) is 1. The molecule has 1 saturated carbocycles. The van der Waals surface area contributed by atoms with Gasteiger partial charge >= 0.3 is 0 Å². The van der Waals surface area contributed by atoms with Gasteiger partial charge in [-0.3, -0.25) is 0 Å². The Bertz CT molecular complexity index is 381. The Balaban J connectivity index is 3.45. The Morgan fingerprint density at radius 2 is 1.38 bits per heavy atom. The smallest absolute Gasteiger partial charge is 0.125 e. The molecule has 3 nitrogen and oxygen atoms in total. The zero-order valence-electron chi connectivity index (χ0n) is 15.1. The predicted molar refractivity (Wildman–Crippen MR) is 87.8 cm³/mol. The first kappa shape index (κ1) is 18.6. The number of carbonyl (C=O) groups excluding carboxylic acids is 1. The van der Waals surface area contributed by atoms with Gasteiger partial charge in [0.25, 0.3) is 0 Å². The lowest BCUT2D eigenvalue weighted by Gasteiger charge is -2.46. The molecule has 3 heteroatoms. The Morgan fingerprint density at radius 1 is 0.952 bits per heavy atom. The molecule has 0 aromatic rings. The van der Waals surface area contributed by atoms with Crippen LogP contribution in [0.1, 0.15) is 55.4 Å². The van der Waals surface area contributed by atoms with Gasteiger partial charge in [0.05, 0.1) is 0 Å². The molecule has 21 heavy (non-hydrogen) atoms. The molecule has 0 bridgehead atoms. The summed E-state index contributed by atoms with van der Waals surface area (Å²) in [5, 5.41) is 9.94. The minimum atomic E-state index is -0.398. The third-order valence-corrected chi connectivity index (χ3v) is 6.07. The topological polar surface area (TPSA) is 63.3 Å². The number of rotatable bonds is 5. The number of aldehydes is 1. The van der Waals surface area contributed by atoms with Crippen LogP contribution >= 0.6 is 0 Å². The fourth-order valence-corrected chi connectivity index (χ4v) is 4.97. The molecule has 0 spiro atoms. The van der Waals surface area contributed by atoms with E-state index in [2.05, 4.69) is 41.5 Å². The van der Waals surface area contributed by atoms with Crippen LogP contribution in [0.4, 0.5) is 0 Å². The first-order valence-electron chi connectivity index (χ1n) is 8.17.